The Bertz CT molecular complexity index is 1480. The van der Waals surface area contributed by atoms with Crippen molar-refractivity contribution >= 4 is 73.9 Å². The molecular weight excluding hydrogens is 616 g/mol. The van der Waals surface area contributed by atoms with Gasteiger partial charge >= 0.3 is 0 Å². The number of halogens is 4. The summed E-state index contributed by atoms with van der Waals surface area (Å²) in [5.41, 5.74) is 1.51. The van der Waals surface area contributed by atoms with Crippen LogP contribution in [-0.4, -0.2) is 44.3 Å². The Hall–Kier alpha value is -2.49. The van der Waals surface area contributed by atoms with Crippen LogP contribution < -0.4 is 9.62 Å². The number of benzene rings is 3. The minimum absolute atomic E-state index is 0.0208. The second-order valence-corrected chi connectivity index (χ2v) is 12.4. The molecule has 1 unspecified atom stereocenters. The minimum atomic E-state index is -4.28. The van der Waals surface area contributed by atoms with Crippen molar-refractivity contribution in [1.82, 2.24) is 10.2 Å². The molecule has 3 rings (SSSR count). The third-order valence-electron chi connectivity index (χ3n) is 6.16. The van der Waals surface area contributed by atoms with E-state index in [0.717, 1.165) is 9.87 Å². The molecular formula is C28H29Cl4N3O4S. The zero-order chi connectivity index (χ0) is 29.6. The molecule has 0 aliphatic carbocycles. The van der Waals surface area contributed by atoms with Gasteiger partial charge in [0.15, 0.2) is 0 Å². The Labute approximate surface area is 255 Å². The van der Waals surface area contributed by atoms with Crippen LogP contribution in [0, 0.1) is 6.92 Å². The van der Waals surface area contributed by atoms with E-state index in [1.807, 2.05) is 6.92 Å². The van der Waals surface area contributed by atoms with E-state index in [1.165, 1.54) is 29.2 Å². The normalized spacial score (nSPS) is 12.1. The molecule has 40 heavy (non-hydrogen) atoms. The lowest BCUT2D eigenvalue weighted by molar-refractivity contribution is -0.140. The topological polar surface area (TPSA) is 86.8 Å². The molecule has 1 atom stereocenters. The van der Waals surface area contributed by atoms with Gasteiger partial charge in [-0.2, -0.15) is 0 Å². The number of nitrogens with one attached hydrogen (secondary N) is 1. The summed E-state index contributed by atoms with van der Waals surface area (Å²) in [5, 5.41) is 3.47. The van der Waals surface area contributed by atoms with Crippen LogP contribution in [0.5, 0.6) is 0 Å². The van der Waals surface area contributed by atoms with Gasteiger partial charge in [0.25, 0.3) is 10.0 Å². The maximum Gasteiger partial charge on any atom is 0.264 e. The van der Waals surface area contributed by atoms with Gasteiger partial charge in [0.05, 0.1) is 30.7 Å². The summed E-state index contributed by atoms with van der Waals surface area (Å²) in [7, 11) is -4.28. The molecule has 3 aromatic carbocycles. The van der Waals surface area contributed by atoms with Crippen molar-refractivity contribution in [3.8, 4) is 0 Å². The second kappa shape index (κ2) is 13.9. The summed E-state index contributed by atoms with van der Waals surface area (Å²) < 4.78 is 28.8. The first kappa shape index (κ1) is 32.0. The number of nitrogens with zero attached hydrogens (tertiary/aromatic N) is 2. The Morgan fingerprint density at radius 1 is 0.900 bits per heavy atom. The Kier molecular flexibility index (Phi) is 11.1. The van der Waals surface area contributed by atoms with Crippen molar-refractivity contribution in [2.45, 2.75) is 44.7 Å². The monoisotopic (exact) mass is 643 g/mol. The number of amides is 2. The Morgan fingerprint density at radius 3 is 2.17 bits per heavy atom. The smallest absolute Gasteiger partial charge is 0.264 e. The first-order valence-electron chi connectivity index (χ1n) is 12.4. The highest BCUT2D eigenvalue weighted by Gasteiger charge is 2.34. The number of hydrogen-bond donors (Lipinski definition) is 1. The quantitative estimate of drug-likeness (QED) is 0.250. The molecule has 0 aliphatic heterocycles. The van der Waals surface area contributed by atoms with Gasteiger partial charge in [0.2, 0.25) is 11.8 Å². The SMILES string of the molecule is CCNC(=O)C(CC)N(Cc1ccc(Cl)c(Cl)c1)C(=O)CN(c1cccc(Cl)c1Cl)S(=O)(=O)c1ccc(C)cc1. The van der Waals surface area contributed by atoms with Crippen molar-refractivity contribution in [3.63, 3.8) is 0 Å². The van der Waals surface area contributed by atoms with E-state index in [1.54, 1.807) is 50.2 Å². The maximum atomic E-state index is 14.0. The molecule has 0 heterocycles. The average molecular weight is 645 g/mol. The standard InChI is InChI=1S/C28H29Cl4N3O4S/c1-4-24(28(37)33-5-2)34(16-19-11-14-21(29)23(31)15-19)26(36)17-35(25-8-6-7-22(30)27(25)32)40(38,39)20-12-9-18(3)10-13-20/h6-15,24H,4-5,16-17H2,1-3H3,(H,33,37). The predicted molar refractivity (Wildman–Crippen MR) is 162 cm³/mol. The molecule has 0 fully saturated rings. The van der Waals surface area contributed by atoms with Gasteiger partial charge in [-0.15, -0.1) is 0 Å². The summed E-state index contributed by atoms with van der Waals surface area (Å²) in [6.45, 7) is 5.06. The molecule has 214 valence electrons. The number of anilines is 1. The Morgan fingerprint density at radius 2 is 1.57 bits per heavy atom. The number of rotatable bonds is 11. The van der Waals surface area contributed by atoms with Gasteiger partial charge in [0.1, 0.15) is 12.6 Å². The van der Waals surface area contributed by atoms with Crippen LogP contribution in [-0.2, 0) is 26.2 Å². The third kappa shape index (κ3) is 7.42. The van der Waals surface area contributed by atoms with Crippen molar-refractivity contribution < 1.29 is 18.0 Å². The van der Waals surface area contributed by atoms with E-state index in [-0.39, 0.29) is 44.5 Å². The van der Waals surface area contributed by atoms with Gasteiger partial charge in [-0.3, -0.25) is 13.9 Å². The number of hydrogen-bond acceptors (Lipinski definition) is 4. The predicted octanol–water partition coefficient (Wildman–Crippen LogP) is 6.75. The fraction of sp³-hybridized carbons (Fsp3) is 0.286. The van der Waals surface area contributed by atoms with Crippen LogP contribution in [0.1, 0.15) is 31.4 Å². The molecule has 12 heteroatoms. The summed E-state index contributed by atoms with van der Waals surface area (Å²) in [4.78, 5) is 28.3. The van der Waals surface area contributed by atoms with Gasteiger partial charge in [-0.05, 0) is 62.2 Å². The lowest BCUT2D eigenvalue weighted by Crippen LogP contribution is -2.52. The molecule has 0 aliphatic rings. The van der Waals surface area contributed by atoms with Crippen LogP contribution in [0.15, 0.2) is 65.6 Å². The highest BCUT2D eigenvalue weighted by Crippen LogP contribution is 2.36. The number of aryl methyl sites for hydroxylation is 1. The van der Waals surface area contributed by atoms with Crippen molar-refractivity contribution in [1.29, 1.82) is 0 Å². The molecule has 0 spiro atoms. The van der Waals surface area contributed by atoms with E-state index in [4.69, 9.17) is 46.4 Å². The number of carbonyl (C=O) groups is 2. The van der Waals surface area contributed by atoms with Gasteiger partial charge < -0.3 is 10.2 Å². The molecule has 7 nitrogen and oxygen atoms in total. The van der Waals surface area contributed by atoms with E-state index in [9.17, 15) is 18.0 Å². The fourth-order valence-electron chi connectivity index (χ4n) is 4.08. The summed E-state index contributed by atoms with van der Waals surface area (Å²) in [6, 6.07) is 14.8. The Balaban J connectivity index is 2.11. The van der Waals surface area contributed by atoms with E-state index in [2.05, 4.69) is 5.32 Å². The zero-order valence-corrected chi connectivity index (χ0v) is 26.0. The molecule has 0 aromatic heterocycles. The highest BCUT2D eigenvalue weighted by molar-refractivity contribution is 7.92. The molecule has 0 radical (unpaired) electrons. The molecule has 3 aromatic rings. The van der Waals surface area contributed by atoms with Crippen LogP contribution in [0.3, 0.4) is 0 Å². The number of carbonyl (C=O) groups excluding carboxylic acids is 2. The fourth-order valence-corrected chi connectivity index (χ4v) is 6.28. The first-order valence-corrected chi connectivity index (χ1v) is 15.4. The zero-order valence-electron chi connectivity index (χ0n) is 22.1. The van der Waals surface area contributed by atoms with E-state index >= 15 is 0 Å². The average Bonchev–Trinajstić information content (AvgIpc) is 2.91. The van der Waals surface area contributed by atoms with Crippen LogP contribution in [0.25, 0.3) is 0 Å². The van der Waals surface area contributed by atoms with Crippen molar-refractivity contribution in [2.75, 3.05) is 17.4 Å². The van der Waals surface area contributed by atoms with Gasteiger partial charge in [-0.1, -0.05) is 83.2 Å². The van der Waals surface area contributed by atoms with Crippen molar-refractivity contribution in [3.05, 3.63) is 91.9 Å². The lowest BCUT2D eigenvalue weighted by Gasteiger charge is -2.33. The summed E-state index contributed by atoms with van der Waals surface area (Å²) >= 11 is 25.0. The number of sulfonamides is 1. The molecule has 1 N–H and O–H groups in total. The number of likely N-dealkylation sites (N-methyl/N-ethyl adjacent to an activating group) is 1. The maximum absolute atomic E-state index is 14.0. The molecule has 0 saturated carbocycles. The van der Waals surface area contributed by atoms with Gasteiger partial charge in [-0.25, -0.2) is 8.42 Å². The molecule has 0 bridgehead atoms. The van der Waals surface area contributed by atoms with Crippen molar-refractivity contribution in [2.24, 2.45) is 0 Å². The summed E-state index contributed by atoms with van der Waals surface area (Å²) in [6.07, 6.45) is 0.279. The van der Waals surface area contributed by atoms with Crippen LogP contribution in [0.4, 0.5) is 5.69 Å². The molecule has 2 amide bonds. The lowest BCUT2D eigenvalue weighted by atomic mass is 10.1. The molecule has 0 saturated heterocycles. The van der Waals surface area contributed by atoms with E-state index in [0.29, 0.717) is 17.1 Å². The summed E-state index contributed by atoms with van der Waals surface area (Å²) in [5.74, 6) is -0.997. The largest absolute Gasteiger partial charge is 0.355 e. The van der Waals surface area contributed by atoms with E-state index < -0.39 is 28.5 Å². The second-order valence-electron chi connectivity index (χ2n) is 8.99. The highest BCUT2D eigenvalue weighted by atomic mass is 35.5. The minimum Gasteiger partial charge on any atom is -0.355 e. The van der Waals surface area contributed by atoms with Gasteiger partial charge in [0, 0.05) is 13.1 Å². The van der Waals surface area contributed by atoms with Crippen LogP contribution in [0.2, 0.25) is 20.1 Å². The van der Waals surface area contributed by atoms with Crippen LogP contribution >= 0.6 is 46.4 Å². The third-order valence-corrected chi connectivity index (χ3v) is 9.48. The first-order chi connectivity index (χ1) is 18.9.